The Balaban J connectivity index is 1.51. The third-order valence-electron chi connectivity index (χ3n) is 5.44. The topological polar surface area (TPSA) is 114 Å². The Labute approximate surface area is 190 Å². The molecule has 0 aliphatic heterocycles. The Kier molecular flexibility index (Phi) is 5.20. The summed E-state index contributed by atoms with van der Waals surface area (Å²) in [6.07, 6.45) is 5.33. The zero-order valence-corrected chi connectivity index (χ0v) is 18.0. The largest absolute Gasteiger partial charge is 0.466 e. The standard InChI is InChI=1S/C21H17ClF2N6O3/c1-9(31)33-3-2-10-19(24)18(22)17(12-5-26-29-20(10)12)14-7-30-8-15(27-16(30)6-25-14)28-21(32)11-4-13(11)23/h5-8,11,13H,2-4H2,1H3,(H,26,29)(H,28,32)/t11-,13+/m1/s1. The molecule has 1 aromatic carbocycles. The number of aromatic amines is 1. The van der Waals surface area contributed by atoms with Crippen LogP contribution in [0.5, 0.6) is 0 Å². The molecule has 1 saturated carbocycles. The SMILES string of the molecule is CC(=O)OCCc1c(F)c(Cl)c(-c2cn3cc(NC(=O)[C@@H]4C[C@@H]4F)nc3cn2)c2cn[nH]c12. The molecule has 2 N–H and O–H groups in total. The highest BCUT2D eigenvalue weighted by molar-refractivity contribution is 6.35. The summed E-state index contributed by atoms with van der Waals surface area (Å²) in [6.45, 7) is 1.27. The second-order valence-electron chi connectivity index (χ2n) is 7.74. The van der Waals surface area contributed by atoms with Crippen molar-refractivity contribution in [1.82, 2.24) is 24.6 Å². The fourth-order valence-corrected chi connectivity index (χ4v) is 4.01. The fraction of sp³-hybridized carbons (Fsp3) is 0.286. The van der Waals surface area contributed by atoms with E-state index in [1.165, 1.54) is 19.3 Å². The van der Waals surface area contributed by atoms with Crippen molar-refractivity contribution in [1.29, 1.82) is 0 Å². The number of imidazole rings is 1. The van der Waals surface area contributed by atoms with Crippen LogP contribution in [0.1, 0.15) is 18.9 Å². The van der Waals surface area contributed by atoms with E-state index in [0.29, 0.717) is 27.8 Å². The number of benzene rings is 1. The van der Waals surface area contributed by atoms with Gasteiger partial charge in [-0.2, -0.15) is 5.10 Å². The fourth-order valence-electron chi connectivity index (χ4n) is 3.70. The predicted molar refractivity (Wildman–Crippen MR) is 115 cm³/mol. The predicted octanol–water partition coefficient (Wildman–Crippen LogP) is 3.47. The maximum absolute atomic E-state index is 15.2. The van der Waals surface area contributed by atoms with Crippen LogP contribution in [0.25, 0.3) is 27.8 Å². The summed E-state index contributed by atoms with van der Waals surface area (Å²) in [7, 11) is 0. The highest BCUT2D eigenvalue weighted by Crippen LogP contribution is 2.39. The number of halogens is 3. The van der Waals surface area contributed by atoms with E-state index in [9.17, 15) is 14.0 Å². The number of ether oxygens (including phenoxy) is 1. The number of nitrogens with one attached hydrogen (secondary N) is 2. The van der Waals surface area contributed by atoms with Gasteiger partial charge in [-0.15, -0.1) is 0 Å². The first-order valence-corrected chi connectivity index (χ1v) is 10.5. The maximum Gasteiger partial charge on any atom is 0.302 e. The van der Waals surface area contributed by atoms with Crippen molar-refractivity contribution in [3.05, 3.63) is 41.2 Å². The average molecular weight is 475 g/mol. The first-order chi connectivity index (χ1) is 15.8. The van der Waals surface area contributed by atoms with Crippen LogP contribution in [0.2, 0.25) is 5.02 Å². The van der Waals surface area contributed by atoms with E-state index >= 15 is 4.39 Å². The van der Waals surface area contributed by atoms with Crippen molar-refractivity contribution in [2.24, 2.45) is 5.92 Å². The number of anilines is 1. The third kappa shape index (κ3) is 3.88. The summed E-state index contributed by atoms with van der Waals surface area (Å²) < 4.78 is 34.8. The molecule has 9 nitrogen and oxygen atoms in total. The molecule has 4 aromatic rings. The summed E-state index contributed by atoms with van der Waals surface area (Å²) in [5.74, 6) is -1.94. The van der Waals surface area contributed by atoms with Gasteiger partial charge in [0, 0.05) is 36.1 Å². The van der Waals surface area contributed by atoms with Gasteiger partial charge in [0.1, 0.15) is 12.0 Å². The number of nitrogens with zero attached hydrogens (tertiary/aromatic N) is 4. The van der Waals surface area contributed by atoms with Crippen LogP contribution in [0.4, 0.5) is 14.6 Å². The van der Waals surface area contributed by atoms with Crippen LogP contribution in [0.15, 0.2) is 24.8 Å². The van der Waals surface area contributed by atoms with Crippen molar-refractivity contribution in [2.75, 3.05) is 11.9 Å². The molecule has 1 aliphatic rings. The van der Waals surface area contributed by atoms with Crippen LogP contribution in [-0.4, -0.2) is 49.2 Å². The lowest BCUT2D eigenvalue weighted by Crippen LogP contribution is -2.15. The number of rotatable bonds is 6. The molecule has 12 heteroatoms. The first kappa shape index (κ1) is 21.3. The minimum absolute atomic E-state index is 0.00615. The van der Waals surface area contributed by atoms with Gasteiger partial charge in [0.2, 0.25) is 5.91 Å². The van der Waals surface area contributed by atoms with Crippen molar-refractivity contribution in [3.8, 4) is 11.3 Å². The lowest BCUT2D eigenvalue weighted by molar-refractivity contribution is -0.140. The smallest absolute Gasteiger partial charge is 0.302 e. The lowest BCUT2D eigenvalue weighted by Gasteiger charge is -2.12. The van der Waals surface area contributed by atoms with Gasteiger partial charge < -0.3 is 14.5 Å². The van der Waals surface area contributed by atoms with E-state index in [1.54, 1.807) is 16.8 Å². The van der Waals surface area contributed by atoms with Crippen LogP contribution in [0, 0.1) is 11.7 Å². The van der Waals surface area contributed by atoms with E-state index in [4.69, 9.17) is 16.3 Å². The average Bonchev–Trinajstić information content (AvgIpc) is 3.14. The van der Waals surface area contributed by atoms with Gasteiger partial charge in [-0.3, -0.25) is 19.7 Å². The maximum atomic E-state index is 15.2. The van der Waals surface area contributed by atoms with Gasteiger partial charge in [0.25, 0.3) is 0 Å². The van der Waals surface area contributed by atoms with E-state index in [2.05, 4.69) is 25.5 Å². The summed E-state index contributed by atoms with van der Waals surface area (Å²) in [6, 6.07) is 0. The van der Waals surface area contributed by atoms with Gasteiger partial charge in [-0.05, 0) is 6.42 Å². The van der Waals surface area contributed by atoms with Crippen molar-refractivity contribution < 1.29 is 23.1 Å². The molecule has 33 heavy (non-hydrogen) atoms. The monoisotopic (exact) mass is 474 g/mol. The van der Waals surface area contributed by atoms with Crippen LogP contribution >= 0.6 is 11.6 Å². The first-order valence-electron chi connectivity index (χ1n) is 10.1. The Morgan fingerprint density at radius 1 is 1.36 bits per heavy atom. The van der Waals surface area contributed by atoms with Crippen molar-refractivity contribution in [2.45, 2.75) is 25.9 Å². The minimum Gasteiger partial charge on any atom is -0.466 e. The lowest BCUT2D eigenvalue weighted by atomic mass is 10.0. The van der Waals surface area contributed by atoms with Crippen molar-refractivity contribution in [3.63, 3.8) is 0 Å². The molecule has 0 spiro atoms. The molecule has 170 valence electrons. The Morgan fingerprint density at radius 3 is 2.88 bits per heavy atom. The van der Waals surface area contributed by atoms with Crippen LogP contribution < -0.4 is 5.32 Å². The number of esters is 1. The van der Waals surface area contributed by atoms with E-state index in [1.807, 2.05) is 0 Å². The highest BCUT2D eigenvalue weighted by Gasteiger charge is 2.43. The summed E-state index contributed by atoms with van der Waals surface area (Å²) in [4.78, 5) is 31.6. The molecule has 0 saturated heterocycles. The summed E-state index contributed by atoms with van der Waals surface area (Å²) >= 11 is 6.41. The van der Waals surface area contributed by atoms with Gasteiger partial charge >= 0.3 is 5.97 Å². The Hall–Kier alpha value is -3.60. The molecular weight excluding hydrogens is 458 g/mol. The molecular formula is C21H17ClF2N6O3. The number of hydrogen-bond donors (Lipinski definition) is 2. The van der Waals surface area contributed by atoms with Crippen LogP contribution in [0.3, 0.4) is 0 Å². The number of H-pyrrole nitrogens is 1. The molecule has 0 radical (unpaired) electrons. The van der Waals surface area contributed by atoms with Crippen LogP contribution in [-0.2, 0) is 20.7 Å². The van der Waals surface area contributed by atoms with Gasteiger partial charge in [-0.1, -0.05) is 11.6 Å². The molecule has 1 amide bonds. The quantitative estimate of drug-likeness (QED) is 0.414. The number of alkyl halides is 1. The Morgan fingerprint density at radius 2 is 2.15 bits per heavy atom. The van der Waals surface area contributed by atoms with Crippen molar-refractivity contribution >= 4 is 45.8 Å². The normalized spacial score (nSPS) is 17.5. The minimum atomic E-state index is -1.11. The molecule has 0 unspecified atom stereocenters. The number of amides is 1. The molecule has 1 aliphatic carbocycles. The summed E-state index contributed by atoms with van der Waals surface area (Å²) in [5.41, 5.74) is 1.78. The second-order valence-corrected chi connectivity index (χ2v) is 8.12. The molecule has 1 fully saturated rings. The number of aromatic nitrogens is 5. The van der Waals surface area contributed by atoms with Gasteiger partial charge in [0.15, 0.2) is 11.5 Å². The molecule has 3 aromatic heterocycles. The second kappa shape index (κ2) is 8.07. The van der Waals surface area contributed by atoms with E-state index in [0.717, 1.165) is 0 Å². The zero-order chi connectivity index (χ0) is 23.3. The van der Waals surface area contributed by atoms with E-state index in [-0.39, 0.29) is 35.9 Å². The number of fused-ring (bicyclic) bond motifs is 2. The molecule has 0 bridgehead atoms. The van der Waals surface area contributed by atoms with E-state index < -0.39 is 29.8 Å². The molecule has 3 heterocycles. The third-order valence-corrected chi connectivity index (χ3v) is 5.80. The molecule has 5 rings (SSSR count). The number of carbonyl (C=O) groups excluding carboxylic acids is 2. The zero-order valence-electron chi connectivity index (χ0n) is 17.2. The number of carbonyl (C=O) groups is 2. The molecule has 2 atom stereocenters. The van der Waals surface area contributed by atoms with Gasteiger partial charge in [0.05, 0.1) is 47.3 Å². The highest BCUT2D eigenvalue weighted by atomic mass is 35.5. The summed E-state index contributed by atoms with van der Waals surface area (Å²) in [5, 5.41) is 9.78. The number of hydrogen-bond acceptors (Lipinski definition) is 6. The Bertz CT molecular complexity index is 1420. The van der Waals surface area contributed by atoms with Gasteiger partial charge in [-0.25, -0.2) is 13.8 Å².